The van der Waals surface area contributed by atoms with Crippen LogP contribution in [0.5, 0.6) is 5.75 Å². The maximum Gasteiger partial charge on any atom is 0.410 e. The molecule has 0 aliphatic carbocycles. The summed E-state index contributed by atoms with van der Waals surface area (Å²) in [5.41, 5.74) is 9.50. The van der Waals surface area contributed by atoms with Crippen LogP contribution in [0.15, 0.2) is 146 Å². The van der Waals surface area contributed by atoms with Gasteiger partial charge in [0.1, 0.15) is 32.5 Å². The van der Waals surface area contributed by atoms with E-state index in [9.17, 15) is 28.8 Å². The second-order valence-electron chi connectivity index (χ2n) is 32.0. The highest BCUT2D eigenvalue weighted by atomic mass is 32.1. The minimum atomic E-state index is -0.525. The Kier molecular flexibility index (Phi) is 22.0. The maximum absolute atomic E-state index is 13.4. The molecule has 5 fully saturated rings. The Morgan fingerprint density at radius 1 is 0.390 bits per heavy atom. The van der Waals surface area contributed by atoms with Crippen LogP contribution in [-0.4, -0.2) is 155 Å². The third-order valence-corrected chi connectivity index (χ3v) is 22.4. The molecule has 6 N–H and O–H groups in total. The van der Waals surface area contributed by atoms with Gasteiger partial charge in [0.05, 0.1) is 34.8 Å². The topological polar surface area (TPSA) is 224 Å². The van der Waals surface area contributed by atoms with Crippen molar-refractivity contribution >= 4 is 70.4 Å². The van der Waals surface area contributed by atoms with E-state index in [-0.39, 0.29) is 58.2 Å². The average molecular weight is 1460 g/mol. The summed E-state index contributed by atoms with van der Waals surface area (Å²) >= 11 is 10.9. The summed E-state index contributed by atoms with van der Waals surface area (Å²) in [6, 6.07) is 48.2. The van der Waals surface area contributed by atoms with E-state index in [1.807, 2.05) is 158 Å². The Labute approximate surface area is 628 Å². The second-order valence-corrected chi connectivity index (χ2v) is 32.9. The summed E-state index contributed by atoms with van der Waals surface area (Å²) in [7, 11) is 1.64. The Hall–Kier alpha value is -8.96. The van der Waals surface area contributed by atoms with Gasteiger partial charge in [0, 0.05) is 73.6 Å². The molecule has 0 radical (unpaired) electrons. The zero-order chi connectivity index (χ0) is 74.7. The smallest absolute Gasteiger partial charge is 0.410 e. The molecule has 0 atom stereocenters. The third kappa shape index (κ3) is 16.2. The van der Waals surface area contributed by atoms with Gasteiger partial charge in [-0.15, -0.1) is 0 Å². The van der Waals surface area contributed by atoms with Crippen molar-refractivity contribution in [3.63, 3.8) is 0 Å². The number of nitrogens with zero attached hydrogens (tertiary/aromatic N) is 4. The lowest BCUT2D eigenvalue weighted by Crippen LogP contribution is -2.52. The first-order valence-electron chi connectivity index (χ1n) is 37.1. The molecule has 6 amide bonds. The van der Waals surface area contributed by atoms with Gasteiger partial charge in [-0.25, -0.2) is 14.4 Å². The van der Waals surface area contributed by atoms with Gasteiger partial charge in [0.15, 0.2) is 0 Å². The number of carbonyl (C=O) groups excluding carboxylic acids is 6. The Morgan fingerprint density at radius 2 is 0.695 bits per heavy atom. The third-order valence-electron chi connectivity index (χ3n) is 21.8. The summed E-state index contributed by atoms with van der Waals surface area (Å²) in [5, 5.41) is 20.0. The van der Waals surface area contributed by atoms with Crippen molar-refractivity contribution in [2.24, 2.45) is 0 Å². The lowest BCUT2D eigenvalue weighted by Gasteiger charge is -2.45. The van der Waals surface area contributed by atoms with Crippen molar-refractivity contribution < 1.29 is 47.7 Å². The van der Waals surface area contributed by atoms with Crippen LogP contribution in [0.3, 0.4) is 0 Å². The first kappa shape index (κ1) is 75.7. The van der Waals surface area contributed by atoms with Gasteiger partial charge >= 0.3 is 18.3 Å². The number of rotatable bonds is 3. The van der Waals surface area contributed by atoms with Gasteiger partial charge in [-0.05, 0) is 216 Å². The fourth-order valence-corrected chi connectivity index (χ4v) is 17.3. The summed E-state index contributed by atoms with van der Waals surface area (Å²) in [6.45, 7) is 25.2. The van der Waals surface area contributed by atoms with E-state index >= 15 is 0 Å². The zero-order valence-corrected chi connectivity index (χ0v) is 64.0. The van der Waals surface area contributed by atoms with Crippen molar-refractivity contribution in [1.82, 2.24) is 51.5 Å². The molecule has 16 rings (SSSR count). The number of hydrogen-bond acceptors (Lipinski definition) is 14. The number of nitrogens with one attached hydrogen (secondary N) is 6. The Balaban J connectivity index is 0.000000126. The summed E-state index contributed by atoms with van der Waals surface area (Å²) in [6.07, 6.45) is 7.96. The van der Waals surface area contributed by atoms with Crippen LogP contribution >= 0.6 is 24.4 Å². The predicted octanol–water partition coefficient (Wildman–Crippen LogP) is 13.0. The molecule has 556 valence electrons. The quantitative estimate of drug-likeness (QED) is 0.0716. The molecule has 6 aromatic carbocycles. The molecule has 5 saturated heterocycles. The molecule has 6 aromatic rings. The van der Waals surface area contributed by atoms with Crippen molar-refractivity contribution in [3.05, 3.63) is 207 Å². The van der Waals surface area contributed by atoms with Gasteiger partial charge in [-0.3, -0.25) is 14.4 Å². The lowest BCUT2D eigenvalue weighted by molar-refractivity contribution is -0.00240. The summed E-state index contributed by atoms with van der Waals surface area (Å²) in [4.78, 5) is 83.2. The van der Waals surface area contributed by atoms with Gasteiger partial charge in [0.25, 0.3) is 17.7 Å². The first-order chi connectivity index (χ1) is 50.0. The van der Waals surface area contributed by atoms with E-state index in [0.717, 1.165) is 132 Å². The summed E-state index contributed by atoms with van der Waals surface area (Å²) < 4.78 is 21.7. The molecule has 10 aliphatic rings. The number of ether oxygens (including phenoxy) is 4. The normalized spacial score (nSPS) is 19.9. The molecule has 0 saturated carbocycles. The van der Waals surface area contributed by atoms with Gasteiger partial charge in [-0.1, -0.05) is 140 Å². The number of methoxy groups -OCH3 is 1. The number of benzene rings is 6. The number of piperidine rings is 5. The first-order valence-corrected chi connectivity index (χ1v) is 37.9. The molecule has 0 bridgehead atoms. The number of carbonyl (C=O) groups is 6. The van der Waals surface area contributed by atoms with Crippen molar-refractivity contribution in [1.29, 1.82) is 0 Å². The zero-order valence-electron chi connectivity index (χ0n) is 62.4. The summed E-state index contributed by atoms with van der Waals surface area (Å²) in [5.74, 6) is 0.922. The standard InChI is InChI=1S/C25H30N2O4.C17H22N2O3.C17H22N2O2S.C12H14N2O.C12H14N2S/c1-24(2,3)31-23(29)26-15-13-25(14-16-26)21-8-6-5-7-20(21)22(28)27(25)17-18-9-11-19(30-4)12-10-18;1-16(2,3)22-15(21)19-10-8-17(9-11-19)13-7-5-4-6-12(13)14(20)18-17;1-16(2,3)21-15(20)19-10-8-17(9-11-19)13-7-5-4-6-12(13)14(22)18-17;2*15-11-9-3-1-2-4-10(9)12(14-11)5-7-13-8-6-12/h5-12H,13-17H2,1-4H3;4-7H,8-11H2,1-3H3,(H,18,20);4-7H,8-11H2,1-3H3,(H,18,22);2*1-4,13H,5-8H2,(H,14,15). The van der Waals surface area contributed by atoms with Crippen LogP contribution < -0.4 is 36.6 Å². The molecule has 5 spiro atoms. The number of likely N-dealkylation sites (tertiary alicyclic amines) is 3. The Morgan fingerprint density at radius 3 is 1.07 bits per heavy atom. The van der Waals surface area contributed by atoms with E-state index in [1.165, 1.54) is 22.3 Å². The van der Waals surface area contributed by atoms with Crippen LogP contribution in [-0.2, 0) is 48.4 Å². The number of hydrogen-bond donors (Lipinski definition) is 6. The molecular formula is C83H102N10O10S2. The SMILES string of the molecule is CC(C)(C)OC(=O)N1CCC2(CC1)NC(=O)c1ccccc12.CC(C)(C)OC(=O)N1CCC2(CC1)NC(=S)c1ccccc12.COc1ccc(CN2C(=O)c3ccccc3C23CCN(C(=O)OC(C)(C)C)CC3)cc1.O=C1NC2(CCNCC2)c2ccccc21.S=C1NC2(CCNCC2)c2ccccc21. The van der Waals surface area contributed by atoms with Gasteiger partial charge < -0.3 is 70.4 Å². The van der Waals surface area contributed by atoms with Crippen molar-refractivity contribution in [2.75, 3.05) is 72.6 Å². The molecule has 105 heavy (non-hydrogen) atoms. The van der Waals surface area contributed by atoms with Gasteiger partial charge in [-0.2, -0.15) is 0 Å². The minimum absolute atomic E-state index is 0.0127. The van der Waals surface area contributed by atoms with Crippen LogP contribution in [0, 0.1) is 0 Å². The fraction of sp³-hybridized carbons (Fsp3) is 0.470. The molecule has 22 heteroatoms. The second kappa shape index (κ2) is 30.5. The number of fused-ring (bicyclic) bond motifs is 10. The molecule has 0 unspecified atom stereocenters. The predicted molar refractivity (Wildman–Crippen MR) is 413 cm³/mol. The van der Waals surface area contributed by atoms with Crippen LogP contribution in [0.1, 0.15) is 202 Å². The average Bonchev–Trinajstić information content (AvgIpc) is 1.58. The molecule has 20 nitrogen and oxygen atoms in total. The van der Waals surface area contributed by atoms with Crippen LogP contribution in [0.2, 0.25) is 0 Å². The minimum Gasteiger partial charge on any atom is -0.497 e. The lowest BCUT2D eigenvalue weighted by atomic mass is 9.80. The highest BCUT2D eigenvalue weighted by molar-refractivity contribution is 7.81. The van der Waals surface area contributed by atoms with E-state index in [1.54, 1.807) is 21.8 Å². The Bertz CT molecular complexity index is 4050. The maximum atomic E-state index is 13.4. The molecular weight excluding hydrogens is 1360 g/mol. The van der Waals surface area contributed by atoms with Gasteiger partial charge in [0.2, 0.25) is 0 Å². The number of thiocarbonyl (C=S) groups is 2. The molecule has 10 heterocycles. The monoisotopic (exact) mass is 1460 g/mol. The number of amides is 6. The van der Waals surface area contributed by atoms with E-state index in [4.69, 9.17) is 43.4 Å². The molecule has 0 aromatic heterocycles. The van der Waals surface area contributed by atoms with Crippen LogP contribution in [0.4, 0.5) is 14.4 Å². The largest absolute Gasteiger partial charge is 0.497 e. The van der Waals surface area contributed by atoms with E-state index in [0.29, 0.717) is 58.7 Å². The van der Waals surface area contributed by atoms with Crippen LogP contribution in [0.25, 0.3) is 0 Å². The van der Waals surface area contributed by atoms with E-state index in [2.05, 4.69) is 86.5 Å². The highest BCUT2D eigenvalue weighted by Gasteiger charge is 2.53. The fourth-order valence-electron chi connectivity index (χ4n) is 16.5. The van der Waals surface area contributed by atoms with Crippen molar-refractivity contribution in [3.8, 4) is 5.75 Å². The van der Waals surface area contributed by atoms with E-state index < -0.39 is 22.3 Å². The molecule has 10 aliphatic heterocycles. The highest BCUT2D eigenvalue weighted by Crippen LogP contribution is 2.48. The van der Waals surface area contributed by atoms with Crippen molar-refractivity contribution in [2.45, 2.75) is 178 Å².